The van der Waals surface area contributed by atoms with Crippen molar-refractivity contribution in [3.63, 3.8) is 0 Å². The van der Waals surface area contributed by atoms with E-state index in [1.165, 1.54) is 31.2 Å². The van der Waals surface area contributed by atoms with Gasteiger partial charge < -0.3 is 20.1 Å². The van der Waals surface area contributed by atoms with Crippen LogP contribution < -0.4 is 15.4 Å². The fourth-order valence-electron chi connectivity index (χ4n) is 4.37. The van der Waals surface area contributed by atoms with Crippen molar-refractivity contribution >= 4 is 5.96 Å². The number of aryl methyl sites for hydroxylation is 1. The lowest BCUT2D eigenvalue weighted by Gasteiger charge is -2.15. The Morgan fingerprint density at radius 3 is 2.88 bits per heavy atom. The van der Waals surface area contributed by atoms with Gasteiger partial charge in [0, 0.05) is 30.8 Å². The molecule has 1 atom stereocenters. The maximum atomic E-state index is 6.17. The fraction of sp³-hybridized carbons (Fsp3) is 0.600. The van der Waals surface area contributed by atoms with Gasteiger partial charge in [-0.15, -0.1) is 0 Å². The lowest BCUT2D eigenvalue weighted by Crippen LogP contribution is -2.37. The fourth-order valence-corrected chi connectivity index (χ4v) is 4.37. The minimum atomic E-state index is 0.481. The second kappa shape index (κ2) is 11.4. The van der Waals surface area contributed by atoms with Crippen LogP contribution in [0.25, 0.3) is 0 Å². The lowest BCUT2D eigenvalue weighted by molar-refractivity contribution is 0.166. The first kappa shape index (κ1) is 22.6. The Morgan fingerprint density at radius 2 is 2.09 bits per heavy atom. The van der Waals surface area contributed by atoms with E-state index < -0.39 is 0 Å². The van der Waals surface area contributed by atoms with Crippen LogP contribution in [0.3, 0.4) is 0 Å². The number of aromatic nitrogens is 2. The van der Waals surface area contributed by atoms with Crippen LogP contribution in [0.15, 0.2) is 35.5 Å². The van der Waals surface area contributed by atoms with Gasteiger partial charge in [-0.3, -0.25) is 4.68 Å². The van der Waals surface area contributed by atoms with Gasteiger partial charge in [0.1, 0.15) is 5.75 Å². The maximum Gasteiger partial charge on any atom is 0.191 e. The Bertz CT molecular complexity index is 882. The summed E-state index contributed by atoms with van der Waals surface area (Å²) in [5, 5.41) is 11.5. The van der Waals surface area contributed by atoms with Crippen molar-refractivity contribution in [2.24, 2.45) is 10.9 Å². The number of nitrogens with one attached hydrogen (secondary N) is 2. The third-order valence-corrected chi connectivity index (χ3v) is 6.27. The molecule has 2 N–H and O–H groups in total. The van der Waals surface area contributed by atoms with Gasteiger partial charge in [-0.1, -0.05) is 25.0 Å². The van der Waals surface area contributed by atoms with Crippen LogP contribution in [0, 0.1) is 12.8 Å². The van der Waals surface area contributed by atoms with Gasteiger partial charge in [-0.05, 0) is 50.8 Å². The highest BCUT2D eigenvalue weighted by molar-refractivity contribution is 5.79. The van der Waals surface area contributed by atoms with E-state index in [-0.39, 0.29) is 0 Å². The van der Waals surface area contributed by atoms with Gasteiger partial charge in [0.25, 0.3) is 0 Å². The van der Waals surface area contributed by atoms with Gasteiger partial charge in [-0.25, -0.2) is 4.99 Å². The second-order valence-electron chi connectivity index (χ2n) is 8.93. The number of hydrogen-bond acceptors (Lipinski definition) is 4. The molecule has 1 aliphatic carbocycles. The molecule has 0 spiro atoms. The quantitative estimate of drug-likeness (QED) is 0.457. The molecule has 2 aromatic rings. The number of guanidine groups is 1. The molecule has 0 bridgehead atoms. The Hall–Kier alpha value is -2.54. The summed E-state index contributed by atoms with van der Waals surface area (Å²) in [7, 11) is 0. The normalized spacial score (nSPS) is 19.4. The highest BCUT2D eigenvalue weighted by Crippen LogP contribution is 2.28. The first-order valence-electron chi connectivity index (χ1n) is 12.1. The number of aliphatic imine (C=N–C) groups is 1. The van der Waals surface area contributed by atoms with Crippen LogP contribution in [0.2, 0.25) is 0 Å². The number of benzene rings is 1. The molecule has 32 heavy (non-hydrogen) atoms. The Kier molecular flexibility index (Phi) is 8.04. The maximum absolute atomic E-state index is 6.17. The first-order valence-corrected chi connectivity index (χ1v) is 12.1. The van der Waals surface area contributed by atoms with Gasteiger partial charge >= 0.3 is 0 Å². The van der Waals surface area contributed by atoms with E-state index in [9.17, 15) is 0 Å². The van der Waals surface area contributed by atoms with Crippen LogP contribution in [-0.2, 0) is 17.8 Å². The van der Waals surface area contributed by atoms with E-state index in [4.69, 9.17) is 19.6 Å². The molecule has 0 amide bonds. The van der Waals surface area contributed by atoms with Crippen LogP contribution in [0.5, 0.6) is 5.75 Å². The minimum absolute atomic E-state index is 0.481. The zero-order valence-corrected chi connectivity index (χ0v) is 19.5. The second-order valence-corrected chi connectivity index (χ2v) is 8.93. The molecule has 1 aliphatic heterocycles. The van der Waals surface area contributed by atoms with Crippen LogP contribution in [0.4, 0.5) is 0 Å². The van der Waals surface area contributed by atoms with E-state index in [0.29, 0.717) is 31.7 Å². The summed E-state index contributed by atoms with van der Waals surface area (Å²) in [6.45, 7) is 8.53. The van der Waals surface area contributed by atoms with Crippen molar-refractivity contribution in [3.05, 3.63) is 47.3 Å². The largest absolute Gasteiger partial charge is 0.493 e. The number of hydrogen-bond donors (Lipinski definition) is 2. The molecule has 2 fully saturated rings. The average Bonchev–Trinajstić information content (AvgIpc) is 3.57. The Morgan fingerprint density at radius 1 is 1.22 bits per heavy atom. The predicted molar refractivity (Wildman–Crippen MR) is 127 cm³/mol. The average molecular weight is 440 g/mol. The molecule has 7 nitrogen and oxygen atoms in total. The number of nitrogens with zero attached hydrogens (tertiary/aromatic N) is 3. The van der Waals surface area contributed by atoms with Crippen molar-refractivity contribution in [1.29, 1.82) is 0 Å². The van der Waals surface area contributed by atoms with Gasteiger partial charge in [-0.2, -0.15) is 5.10 Å². The Balaban J connectivity index is 1.36. The molecule has 2 aliphatic rings. The molecular weight excluding hydrogens is 402 g/mol. The van der Waals surface area contributed by atoms with Crippen molar-refractivity contribution < 1.29 is 9.47 Å². The molecule has 1 unspecified atom stereocenters. The van der Waals surface area contributed by atoms with Gasteiger partial charge in [0.05, 0.1) is 38.0 Å². The first-order chi connectivity index (χ1) is 15.7. The van der Waals surface area contributed by atoms with E-state index in [0.717, 1.165) is 49.1 Å². The molecular formula is C25H37N5O2. The third kappa shape index (κ3) is 6.25. The number of ether oxygens (including phenoxy) is 2. The van der Waals surface area contributed by atoms with E-state index in [2.05, 4.69) is 59.6 Å². The highest BCUT2D eigenvalue weighted by atomic mass is 16.5. The molecule has 4 rings (SSSR count). The van der Waals surface area contributed by atoms with Crippen LogP contribution in [0.1, 0.15) is 61.9 Å². The molecule has 0 radical (unpaired) electrons. The highest BCUT2D eigenvalue weighted by Gasteiger charge is 2.18. The molecule has 2 heterocycles. The smallest absolute Gasteiger partial charge is 0.191 e. The van der Waals surface area contributed by atoms with Crippen molar-refractivity contribution in [2.75, 3.05) is 26.4 Å². The SMILES string of the molecule is CCNC(=NCc1ccc(C)cc1OCC1CCOC1)NCc1ccn(C2CCCC2)n1. The molecule has 1 saturated heterocycles. The summed E-state index contributed by atoms with van der Waals surface area (Å²) >= 11 is 0. The minimum Gasteiger partial charge on any atom is -0.493 e. The lowest BCUT2D eigenvalue weighted by atomic mass is 10.1. The monoisotopic (exact) mass is 439 g/mol. The summed E-state index contributed by atoms with van der Waals surface area (Å²) in [5.41, 5.74) is 3.33. The summed E-state index contributed by atoms with van der Waals surface area (Å²) < 4.78 is 13.8. The van der Waals surface area contributed by atoms with E-state index in [1.807, 2.05) is 0 Å². The van der Waals surface area contributed by atoms with Crippen LogP contribution in [-0.4, -0.2) is 42.1 Å². The predicted octanol–water partition coefficient (Wildman–Crippen LogP) is 3.98. The number of rotatable bonds is 9. The molecule has 1 aromatic carbocycles. The molecule has 1 saturated carbocycles. The summed E-state index contributed by atoms with van der Waals surface area (Å²) in [5.74, 6) is 2.19. The van der Waals surface area contributed by atoms with Crippen molar-refractivity contribution in [1.82, 2.24) is 20.4 Å². The van der Waals surface area contributed by atoms with E-state index in [1.54, 1.807) is 0 Å². The summed E-state index contributed by atoms with van der Waals surface area (Å²) in [6, 6.07) is 9.02. The molecule has 1 aromatic heterocycles. The standard InChI is InChI=1S/C25H37N5O2/c1-3-26-25(28-16-22-10-12-30(29-22)23-6-4-5-7-23)27-15-21-9-8-19(2)14-24(21)32-18-20-11-13-31-17-20/h8-10,12,14,20,23H,3-7,11,13,15-18H2,1-2H3,(H2,26,27,28). The van der Waals surface area contributed by atoms with Crippen LogP contribution >= 0.6 is 0 Å². The summed E-state index contributed by atoms with van der Waals surface area (Å²) in [6.07, 6.45) is 8.30. The van der Waals surface area contributed by atoms with E-state index >= 15 is 0 Å². The zero-order chi connectivity index (χ0) is 22.2. The third-order valence-electron chi connectivity index (χ3n) is 6.27. The van der Waals surface area contributed by atoms with Gasteiger partial charge in [0.2, 0.25) is 0 Å². The van der Waals surface area contributed by atoms with Crippen molar-refractivity contribution in [2.45, 2.75) is 65.1 Å². The summed E-state index contributed by atoms with van der Waals surface area (Å²) in [4.78, 5) is 4.81. The zero-order valence-electron chi connectivity index (χ0n) is 19.5. The van der Waals surface area contributed by atoms with Crippen molar-refractivity contribution in [3.8, 4) is 5.75 Å². The molecule has 174 valence electrons. The van der Waals surface area contributed by atoms with Gasteiger partial charge in [0.15, 0.2) is 5.96 Å². The molecule has 7 heteroatoms. The topological polar surface area (TPSA) is 72.7 Å². The Labute approximate surface area is 191 Å².